The molecule has 1 aliphatic heterocycles. The standard InChI is InChI=1S/C36H43F3N6O6/c1-18-13-19(41-33(48)50-35(2,3)4)17-45(16-18)31-20-11-12-26(46)28(20)40-15-25(31)42-32(47)30-24(43-34(49)51-36(5,6)7)14-23(39)29(44-30)27-21(37)9-8-10-22(27)38/h8-10,14-15,18-19,26,46H,11-13,16-17H2,1-7H3,(H,41,48)(H,42,47)(H,43,49)/t18-,19?,26?/m1/s1. The van der Waals surface area contributed by atoms with E-state index in [-0.39, 0.29) is 17.6 Å². The number of alkyl carbamates (subject to hydrolysis) is 1. The summed E-state index contributed by atoms with van der Waals surface area (Å²) in [4.78, 5) is 50.0. The number of halogens is 3. The average Bonchev–Trinajstić information content (AvgIpc) is 3.35. The molecule has 2 aromatic heterocycles. The molecular weight excluding hydrogens is 669 g/mol. The predicted molar refractivity (Wildman–Crippen MR) is 184 cm³/mol. The van der Waals surface area contributed by atoms with Crippen molar-refractivity contribution < 1.29 is 42.1 Å². The molecular formula is C36H43F3N6O6. The van der Waals surface area contributed by atoms with Crippen LogP contribution in [0.3, 0.4) is 0 Å². The van der Waals surface area contributed by atoms with Crippen molar-refractivity contribution in [3.05, 3.63) is 64.9 Å². The second-order valence-electron chi connectivity index (χ2n) is 14.9. The number of benzene rings is 1. The van der Waals surface area contributed by atoms with Crippen molar-refractivity contribution in [2.75, 3.05) is 28.6 Å². The molecule has 4 N–H and O–H groups in total. The third-order valence-corrected chi connectivity index (χ3v) is 8.14. The van der Waals surface area contributed by atoms with E-state index in [0.717, 1.165) is 24.3 Å². The van der Waals surface area contributed by atoms with Gasteiger partial charge in [-0.2, -0.15) is 0 Å². The number of pyridine rings is 2. The summed E-state index contributed by atoms with van der Waals surface area (Å²) in [5.74, 6) is -4.31. The fraction of sp³-hybridized carbons (Fsp3) is 0.472. The molecule has 1 fully saturated rings. The zero-order valence-corrected chi connectivity index (χ0v) is 29.6. The molecule has 0 spiro atoms. The van der Waals surface area contributed by atoms with Crippen LogP contribution in [0.5, 0.6) is 0 Å². The van der Waals surface area contributed by atoms with Crippen molar-refractivity contribution in [3.8, 4) is 11.3 Å². The van der Waals surface area contributed by atoms with Crippen LogP contribution in [0.25, 0.3) is 11.3 Å². The van der Waals surface area contributed by atoms with Gasteiger partial charge in [0.05, 0.1) is 40.6 Å². The number of aromatic nitrogens is 2. The van der Waals surface area contributed by atoms with Crippen LogP contribution in [-0.4, -0.2) is 63.5 Å². The number of hydrogen-bond acceptors (Lipinski definition) is 9. The van der Waals surface area contributed by atoms with Gasteiger partial charge in [-0.05, 0) is 78.9 Å². The van der Waals surface area contributed by atoms with Gasteiger partial charge in [-0.25, -0.2) is 27.7 Å². The Morgan fingerprint density at radius 3 is 2.22 bits per heavy atom. The molecule has 51 heavy (non-hydrogen) atoms. The van der Waals surface area contributed by atoms with E-state index in [0.29, 0.717) is 49.3 Å². The normalized spacial score (nSPS) is 18.9. The molecule has 3 heterocycles. The van der Waals surface area contributed by atoms with E-state index in [4.69, 9.17) is 9.47 Å². The molecule has 3 amide bonds. The summed E-state index contributed by atoms with van der Waals surface area (Å²) < 4.78 is 55.9. The van der Waals surface area contributed by atoms with Crippen molar-refractivity contribution in [1.29, 1.82) is 0 Å². The second-order valence-corrected chi connectivity index (χ2v) is 14.9. The fourth-order valence-electron chi connectivity index (χ4n) is 6.33. The number of piperidine rings is 1. The lowest BCUT2D eigenvalue weighted by atomic mass is 9.94. The summed E-state index contributed by atoms with van der Waals surface area (Å²) in [5.41, 5.74) is -2.33. The van der Waals surface area contributed by atoms with Gasteiger partial charge in [0.15, 0.2) is 11.5 Å². The van der Waals surface area contributed by atoms with Crippen molar-refractivity contribution in [2.24, 2.45) is 5.92 Å². The fourth-order valence-corrected chi connectivity index (χ4v) is 6.33. The smallest absolute Gasteiger partial charge is 0.412 e. The largest absolute Gasteiger partial charge is 0.444 e. The number of anilines is 3. The molecule has 1 aromatic carbocycles. The summed E-state index contributed by atoms with van der Waals surface area (Å²) in [6, 6.07) is 3.36. The van der Waals surface area contributed by atoms with Gasteiger partial charge in [0, 0.05) is 30.8 Å². The molecule has 2 unspecified atom stereocenters. The van der Waals surface area contributed by atoms with Gasteiger partial charge < -0.3 is 30.1 Å². The summed E-state index contributed by atoms with van der Waals surface area (Å²) in [7, 11) is 0. The van der Waals surface area contributed by atoms with Crippen LogP contribution < -0.4 is 20.9 Å². The topological polar surface area (TPSA) is 155 Å². The lowest BCUT2D eigenvalue weighted by Gasteiger charge is -2.40. The van der Waals surface area contributed by atoms with Crippen molar-refractivity contribution in [3.63, 3.8) is 0 Å². The maximum absolute atomic E-state index is 15.5. The molecule has 0 saturated carbocycles. The van der Waals surface area contributed by atoms with Gasteiger partial charge in [-0.1, -0.05) is 13.0 Å². The molecule has 3 aromatic rings. The Balaban J connectivity index is 1.55. The van der Waals surface area contributed by atoms with Crippen molar-refractivity contribution >= 4 is 35.2 Å². The van der Waals surface area contributed by atoms with E-state index < -0.39 is 75.5 Å². The number of ether oxygens (including phenoxy) is 2. The van der Waals surface area contributed by atoms with E-state index in [1.165, 1.54) is 6.20 Å². The minimum absolute atomic E-state index is 0.0824. The average molecular weight is 713 g/mol. The Hall–Kier alpha value is -4.92. The van der Waals surface area contributed by atoms with Crippen LogP contribution in [0, 0.1) is 23.4 Å². The zero-order valence-electron chi connectivity index (χ0n) is 29.6. The first-order valence-electron chi connectivity index (χ1n) is 16.7. The van der Waals surface area contributed by atoms with Gasteiger partial charge in [-0.15, -0.1) is 0 Å². The molecule has 12 nitrogen and oxygen atoms in total. The first-order chi connectivity index (χ1) is 23.8. The number of aliphatic hydroxyl groups excluding tert-OH is 1. The number of carbonyl (C=O) groups is 3. The maximum atomic E-state index is 15.5. The molecule has 1 aliphatic carbocycles. The summed E-state index contributed by atoms with van der Waals surface area (Å²) in [6.45, 7) is 13.0. The van der Waals surface area contributed by atoms with Crippen molar-refractivity contribution in [1.82, 2.24) is 15.3 Å². The van der Waals surface area contributed by atoms with Crippen molar-refractivity contribution in [2.45, 2.75) is 91.1 Å². The van der Waals surface area contributed by atoms with Crippen LogP contribution in [-0.2, 0) is 15.9 Å². The first-order valence-corrected chi connectivity index (χ1v) is 16.7. The highest BCUT2D eigenvalue weighted by Gasteiger charge is 2.35. The Kier molecular flexibility index (Phi) is 10.5. The first kappa shape index (κ1) is 37.3. The quantitative estimate of drug-likeness (QED) is 0.214. The third-order valence-electron chi connectivity index (χ3n) is 8.14. The van der Waals surface area contributed by atoms with Crippen LogP contribution >= 0.6 is 0 Å². The minimum atomic E-state index is -1.21. The van der Waals surface area contributed by atoms with E-state index in [9.17, 15) is 28.3 Å². The monoisotopic (exact) mass is 712 g/mol. The number of carbonyl (C=O) groups excluding carboxylic acids is 3. The van der Waals surface area contributed by atoms with E-state index in [1.54, 1.807) is 41.5 Å². The molecule has 274 valence electrons. The Morgan fingerprint density at radius 1 is 0.922 bits per heavy atom. The lowest BCUT2D eigenvalue weighted by Crippen LogP contribution is -2.51. The number of fused-ring (bicyclic) bond motifs is 1. The van der Waals surface area contributed by atoms with Crippen LogP contribution in [0.15, 0.2) is 30.5 Å². The van der Waals surface area contributed by atoms with Crippen LogP contribution in [0.4, 0.5) is 39.8 Å². The van der Waals surface area contributed by atoms with Gasteiger partial charge in [0.1, 0.15) is 28.5 Å². The molecule has 2 aliphatic rings. The number of amides is 3. The third kappa shape index (κ3) is 8.88. The summed E-state index contributed by atoms with van der Waals surface area (Å²) in [6.07, 6.45) is 0.441. The van der Waals surface area contributed by atoms with E-state index >= 15 is 4.39 Å². The number of aliphatic hydroxyl groups is 1. The van der Waals surface area contributed by atoms with Gasteiger partial charge in [0.2, 0.25) is 0 Å². The molecule has 1 saturated heterocycles. The van der Waals surface area contributed by atoms with Gasteiger partial charge in [0.25, 0.3) is 5.91 Å². The summed E-state index contributed by atoms with van der Waals surface area (Å²) >= 11 is 0. The molecule has 0 bridgehead atoms. The summed E-state index contributed by atoms with van der Waals surface area (Å²) in [5, 5.41) is 18.7. The number of hydrogen-bond donors (Lipinski definition) is 4. The predicted octanol–water partition coefficient (Wildman–Crippen LogP) is 6.88. The molecule has 0 radical (unpaired) electrons. The minimum Gasteiger partial charge on any atom is -0.444 e. The van der Waals surface area contributed by atoms with E-state index in [2.05, 4.69) is 25.9 Å². The Bertz CT molecular complexity index is 1820. The number of nitrogens with one attached hydrogen (secondary N) is 3. The number of nitrogens with zero attached hydrogens (tertiary/aromatic N) is 3. The molecule has 3 atom stereocenters. The lowest BCUT2D eigenvalue weighted by molar-refractivity contribution is 0.0494. The molecule has 5 rings (SSSR count). The zero-order chi connectivity index (χ0) is 37.4. The van der Waals surface area contributed by atoms with Gasteiger partial charge >= 0.3 is 12.2 Å². The Morgan fingerprint density at radius 2 is 1.57 bits per heavy atom. The Labute approximate surface area is 294 Å². The van der Waals surface area contributed by atoms with Gasteiger partial charge in [-0.3, -0.25) is 15.1 Å². The molecule has 15 heteroatoms. The highest BCUT2D eigenvalue weighted by atomic mass is 19.1. The van der Waals surface area contributed by atoms with E-state index in [1.807, 2.05) is 11.8 Å². The highest BCUT2D eigenvalue weighted by molar-refractivity contribution is 6.10. The van der Waals surface area contributed by atoms with Crippen LogP contribution in [0.1, 0.15) is 89.2 Å². The number of rotatable bonds is 6. The SMILES string of the molecule is C[C@@H]1CC(NC(=O)OC(C)(C)C)CN(c2c(NC(=O)c3nc(-c4c(F)cccc4F)c(F)cc3NC(=O)OC(C)(C)C)cnc3c2CCC3O)C1. The maximum Gasteiger partial charge on any atom is 0.412 e. The highest BCUT2D eigenvalue weighted by Crippen LogP contribution is 2.42. The second kappa shape index (κ2) is 14.4. The van der Waals surface area contributed by atoms with Crippen LogP contribution in [0.2, 0.25) is 0 Å².